The number of aromatic nitrogens is 2. The number of allylic oxidation sites excluding steroid dienone is 2. The van der Waals surface area contributed by atoms with Gasteiger partial charge in [-0.1, -0.05) is 35.3 Å². The van der Waals surface area contributed by atoms with E-state index in [9.17, 15) is 78.7 Å². The average molecular weight is 938 g/mol. The average Bonchev–Trinajstić information content (AvgIpc) is 3.69. The third-order valence-corrected chi connectivity index (χ3v) is 11.1. The van der Waals surface area contributed by atoms with E-state index in [1.54, 1.807) is 6.07 Å². The molecule has 0 fully saturated rings. The molecule has 1 N–H and O–H groups in total. The Labute approximate surface area is 329 Å². The largest absolute Gasteiger partial charge is 0.534 e. The number of fused-ring (bicyclic) bond motifs is 2. The van der Waals surface area contributed by atoms with Crippen LogP contribution in [0, 0.1) is 11.6 Å². The van der Waals surface area contributed by atoms with Crippen molar-refractivity contribution in [1.29, 1.82) is 0 Å². The second kappa shape index (κ2) is 16.6. The predicted octanol–water partition coefficient (Wildman–Crippen LogP) is 8.58. The monoisotopic (exact) mass is 936 g/mol. The Hall–Kier alpha value is -4.56. The lowest BCUT2D eigenvalue weighted by Gasteiger charge is -2.13. The number of alkyl halides is 9. The number of aromatic hydroxyl groups is 1. The highest BCUT2D eigenvalue weighted by Gasteiger charge is 2.57. The summed E-state index contributed by atoms with van der Waals surface area (Å²) in [6.45, 7) is 0. The molecule has 58 heavy (non-hydrogen) atoms. The van der Waals surface area contributed by atoms with Crippen LogP contribution < -0.4 is 4.18 Å². The van der Waals surface area contributed by atoms with Crippen LogP contribution in [-0.4, -0.2) is 56.9 Å². The van der Waals surface area contributed by atoms with Crippen molar-refractivity contribution in [2.24, 2.45) is 0 Å². The molecule has 27 heteroatoms. The van der Waals surface area contributed by atoms with Gasteiger partial charge in [-0.05, 0) is 94.1 Å². The third-order valence-electron chi connectivity index (χ3n) is 7.14. The van der Waals surface area contributed by atoms with Crippen LogP contribution in [0.4, 0.5) is 48.3 Å². The van der Waals surface area contributed by atoms with Crippen LogP contribution in [0.15, 0.2) is 60.7 Å². The number of hydrogen-bond donors (Lipinski definition) is 1. The second-order valence-corrected chi connectivity index (χ2v) is 16.8. The standard InChI is InChI=1S/C15H8ClF4NO3S.C14H9ClFNO.C2F6O5S2/c16-13-4-3-12(24-25(22,23)15(18,19)20)14(21-13)10-5-8-1-2-11(17)7-9(8)6-10;15-13-4-3-12(18)14(17-13)10-5-8-1-2-11(16)7-9(8)6-10;3-1(4,5)14(9,10)13-15(11,12)2(6,7)8/h1-4,6-7H,5H2;1-4,6-7,18H,5H2;. The van der Waals surface area contributed by atoms with Gasteiger partial charge in [0.1, 0.15) is 39.1 Å². The van der Waals surface area contributed by atoms with Crippen LogP contribution >= 0.6 is 23.2 Å². The molecule has 0 saturated carbocycles. The third kappa shape index (κ3) is 10.9. The minimum Gasteiger partial charge on any atom is -0.506 e. The lowest BCUT2D eigenvalue weighted by molar-refractivity contribution is -0.0586. The summed E-state index contributed by atoms with van der Waals surface area (Å²) in [4.78, 5) is 7.99. The van der Waals surface area contributed by atoms with E-state index in [0.29, 0.717) is 34.0 Å². The minimum absolute atomic E-state index is 0.0604. The van der Waals surface area contributed by atoms with Crippen LogP contribution in [0.3, 0.4) is 0 Å². The molecule has 0 saturated heterocycles. The molecule has 6 rings (SSSR count). The van der Waals surface area contributed by atoms with Crippen LogP contribution in [0.5, 0.6) is 11.5 Å². The summed E-state index contributed by atoms with van der Waals surface area (Å²) >= 11 is 11.6. The summed E-state index contributed by atoms with van der Waals surface area (Å²) in [5.74, 6) is -1.28. The topological polar surface area (TPSA) is 167 Å². The van der Waals surface area contributed by atoms with Crippen LogP contribution in [0.2, 0.25) is 10.3 Å². The maximum absolute atomic E-state index is 13.3. The van der Waals surface area contributed by atoms with Crippen molar-refractivity contribution in [3.05, 3.63) is 116 Å². The van der Waals surface area contributed by atoms with E-state index in [1.807, 2.05) is 9.71 Å². The molecule has 2 aromatic carbocycles. The highest BCUT2D eigenvalue weighted by Crippen LogP contribution is 2.39. The van der Waals surface area contributed by atoms with E-state index in [4.69, 9.17) is 23.2 Å². The van der Waals surface area contributed by atoms with Gasteiger partial charge in [0.2, 0.25) is 0 Å². The van der Waals surface area contributed by atoms with E-state index in [1.165, 1.54) is 48.5 Å². The van der Waals surface area contributed by atoms with E-state index in [-0.39, 0.29) is 28.8 Å². The smallest absolute Gasteiger partial charge is 0.506 e. The first-order valence-corrected chi connectivity index (χ1v) is 19.7. The van der Waals surface area contributed by atoms with Gasteiger partial charge in [-0.3, -0.25) is 0 Å². The van der Waals surface area contributed by atoms with Gasteiger partial charge in [0.25, 0.3) is 0 Å². The molecule has 2 aliphatic carbocycles. The maximum Gasteiger partial charge on any atom is 0.534 e. The number of nitrogens with zero attached hydrogens (tertiary/aromatic N) is 2. The zero-order chi connectivity index (χ0) is 43.8. The first-order chi connectivity index (χ1) is 26.4. The normalized spacial score (nSPS) is 14.2. The second-order valence-electron chi connectivity index (χ2n) is 11.2. The Morgan fingerprint density at radius 3 is 1.40 bits per heavy atom. The predicted molar refractivity (Wildman–Crippen MR) is 183 cm³/mol. The van der Waals surface area contributed by atoms with Gasteiger partial charge in [-0.15, -0.1) is 3.63 Å². The van der Waals surface area contributed by atoms with Gasteiger partial charge < -0.3 is 9.29 Å². The molecule has 0 amide bonds. The van der Waals surface area contributed by atoms with E-state index in [2.05, 4.69) is 14.2 Å². The summed E-state index contributed by atoms with van der Waals surface area (Å²) in [6, 6.07) is 13.8. The van der Waals surface area contributed by atoms with Crippen molar-refractivity contribution in [2.45, 2.75) is 29.4 Å². The molecule has 0 spiro atoms. The molecule has 0 radical (unpaired) electrons. The summed E-state index contributed by atoms with van der Waals surface area (Å²) in [5.41, 5.74) is -13.5. The fourth-order valence-electron chi connectivity index (χ4n) is 4.66. The van der Waals surface area contributed by atoms with Gasteiger partial charge in [0, 0.05) is 12.8 Å². The van der Waals surface area contributed by atoms with Crippen molar-refractivity contribution < 1.29 is 86.5 Å². The molecule has 2 heterocycles. The molecule has 4 aromatic rings. The first-order valence-electron chi connectivity index (χ1n) is 14.8. The molecule has 0 bridgehead atoms. The lowest BCUT2D eigenvalue weighted by atomic mass is 10.1. The van der Waals surface area contributed by atoms with Crippen molar-refractivity contribution in [3.63, 3.8) is 0 Å². The SMILES string of the molecule is O=S(=O)(OS(=O)(=O)C(F)(F)F)C(F)(F)F.O=S(=O)(Oc1ccc(Cl)nc1C1=Cc2cc(F)ccc2C1)C(F)(F)F.Oc1ccc(Cl)nc1C1=Cc2cc(F)ccc2C1. The number of benzene rings is 2. The highest BCUT2D eigenvalue weighted by atomic mass is 35.5. The number of rotatable bonds is 6. The Kier molecular flexibility index (Phi) is 13.2. The van der Waals surface area contributed by atoms with E-state index >= 15 is 0 Å². The van der Waals surface area contributed by atoms with Gasteiger partial charge >= 0.3 is 46.9 Å². The Balaban J connectivity index is 0.000000201. The van der Waals surface area contributed by atoms with Crippen LogP contribution in [0.1, 0.15) is 33.6 Å². The molecular formula is C31H17Cl2F11N2O9S3. The summed E-state index contributed by atoms with van der Waals surface area (Å²) < 4.78 is 201. The van der Waals surface area contributed by atoms with E-state index < -0.39 is 58.4 Å². The van der Waals surface area contributed by atoms with Crippen molar-refractivity contribution in [2.75, 3.05) is 0 Å². The molecule has 0 atom stereocenters. The number of hydrogen-bond acceptors (Lipinski definition) is 11. The van der Waals surface area contributed by atoms with Gasteiger partial charge in [0.15, 0.2) is 5.75 Å². The van der Waals surface area contributed by atoms with Gasteiger partial charge in [-0.25, -0.2) is 18.7 Å². The molecule has 2 aromatic heterocycles. The Morgan fingerprint density at radius 1 is 0.569 bits per heavy atom. The summed E-state index contributed by atoms with van der Waals surface area (Å²) in [5, 5.41) is 10.1. The van der Waals surface area contributed by atoms with Gasteiger partial charge in [0.05, 0.1) is 0 Å². The maximum atomic E-state index is 13.3. The molecular weight excluding hydrogens is 920 g/mol. The van der Waals surface area contributed by atoms with Crippen molar-refractivity contribution >= 4 is 76.9 Å². The summed E-state index contributed by atoms with van der Waals surface area (Å²) in [6.07, 6.45) is 4.16. The fraction of sp³-hybridized carbons (Fsp3) is 0.161. The quantitative estimate of drug-likeness (QED) is 0.0852. The van der Waals surface area contributed by atoms with Crippen molar-refractivity contribution in [1.82, 2.24) is 9.97 Å². The fourth-order valence-corrected chi connectivity index (χ4v) is 6.98. The van der Waals surface area contributed by atoms with E-state index in [0.717, 1.165) is 28.8 Å². The Bertz CT molecular complexity index is 2610. The highest BCUT2D eigenvalue weighted by molar-refractivity contribution is 8.00. The number of halogens is 13. The molecule has 11 nitrogen and oxygen atoms in total. The van der Waals surface area contributed by atoms with Crippen LogP contribution in [-0.2, 0) is 46.8 Å². The van der Waals surface area contributed by atoms with Crippen molar-refractivity contribution in [3.8, 4) is 11.5 Å². The molecule has 314 valence electrons. The first kappa shape index (κ1) is 46.1. The lowest BCUT2D eigenvalue weighted by Crippen LogP contribution is -2.34. The van der Waals surface area contributed by atoms with Gasteiger partial charge in [-0.2, -0.15) is 64.8 Å². The molecule has 0 unspecified atom stereocenters. The minimum atomic E-state index is -6.85. The number of pyridine rings is 2. The molecule has 0 aliphatic heterocycles. The van der Waals surface area contributed by atoms with Crippen LogP contribution in [0.25, 0.3) is 23.3 Å². The zero-order valence-electron chi connectivity index (χ0n) is 27.6. The summed E-state index contributed by atoms with van der Waals surface area (Å²) in [7, 11) is -19.6. The Morgan fingerprint density at radius 2 is 0.966 bits per heavy atom. The zero-order valence-corrected chi connectivity index (χ0v) is 31.5. The molecule has 2 aliphatic rings.